The van der Waals surface area contributed by atoms with E-state index < -0.39 is 0 Å². The normalized spacial score (nSPS) is 14.9. The molecule has 1 aromatic heterocycles. The fourth-order valence-corrected chi connectivity index (χ4v) is 1.44. The van der Waals surface area contributed by atoms with Crippen LogP contribution in [0, 0.1) is 5.92 Å². The molecule has 1 heterocycles. The van der Waals surface area contributed by atoms with Gasteiger partial charge in [-0.2, -0.15) is 4.98 Å². The summed E-state index contributed by atoms with van der Waals surface area (Å²) in [4.78, 5) is 8.60. The molecule has 1 aliphatic rings. The van der Waals surface area contributed by atoms with Crippen molar-refractivity contribution in [1.82, 2.24) is 9.97 Å². The van der Waals surface area contributed by atoms with Crippen LogP contribution < -0.4 is 16.0 Å². The van der Waals surface area contributed by atoms with E-state index in [0.717, 1.165) is 31.2 Å². The molecule has 88 valence electrons. The van der Waals surface area contributed by atoms with Crippen LogP contribution in [0.4, 0.5) is 5.82 Å². The molecule has 0 bridgehead atoms. The number of nitrogen functional groups attached to an aromatic ring is 1. The Morgan fingerprint density at radius 1 is 1.50 bits per heavy atom. The molecule has 2 rings (SSSR count). The van der Waals surface area contributed by atoms with Gasteiger partial charge in [0.2, 0.25) is 5.88 Å². The second-order valence-electron chi connectivity index (χ2n) is 4.16. The molecule has 0 aliphatic heterocycles. The summed E-state index contributed by atoms with van der Waals surface area (Å²) in [6.45, 7) is 2.85. The number of hydrogen-bond acceptors (Lipinski definition) is 5. The van der Waals surface area contributed by atoms with Crippen LogP contribution in [0.1, 0.15) is 32.0 Å². The summed E-state index contributed by atoms with van der Waals surface area (Å²) in [5, 5.41) is 0. The van der Waals surface area contributed by atoms with Gasteiger partial charge in [-0.15, -0.1) is 0 Å². The Labute approximate surface area is 95.4 Å². The highest BCUT2D eigenvalue weighted by Gasteiger charge is 2.22. The van der Waals surface area contributed by atoms with Gasteiger partial charge in [0.1, 0.15) is 11.6 Å². The maximum atomic E-state index is 5.61. The van der Waals surface area contributed by atoms with Gasteiger partial charge in [-0.05, 0) is 25.2 Å². The smallest absolute Gasteiger partial charge is 0.218 e. The average molecular weight is 222 g/mol. The summed E-state index contributed by atoms with van der Waals surface area (Å²) in [5.74, 6) is 8.10. The lowest BCUT2D eigenvalue weighted by atomic mass is 10.3. The van der Waals surface area contributed by atoms with Crippen molar-refractivity contribution in [2.75, 3.05) is 12.0 Å². The topological polar surface area (TPSA) is 73.1 Å². The zero-order chi connectivity index (χ0) is 11.4. The van der Waals surface area contributed by atoms with Crippen molar-refractivity contribution < 1.29 is 4.74 Å². The van der Waals surface area contributed by atoms with E-state index in [-0.39, 0.29) is 0 Å². The summed E-state index contributed by atoms with van der Waals surface area (Å²) in [5.41, 5.74) is 2.54. The monoisotopic (exact) mass is 222 g/mol. The van der Waals surface area contributed by atoms with E-state index in [1.54, 1.807) is 6.07 Å². The summed E-state index contributed by atoms with van der Waals surface area (Å²) in [6.07, 6.45) is 4.40. The van der Waals surface area contributed by atoms with E-state index in [4.69, 9.17) is 10.6 Å². The first-order chi connectivity index (χ1) is 7.81. The Hall–Kier alpha value is -1.36. The molecular formula is C11H18N4O. The lowest BCUT2D eigenvalue weighted by molar-refractivity contribution is 0.287. The van der Waals surface area contributed by atoms with Gasteiger partial charge in [-0.3, -0.25) is 0 Å². The van der Waals surface area contributed by atoms with Crippen LogP contribution in [-0.4, -0.2) is 16.6 Å². The van der Waals surface area contributed by atoms with Crippen LogP contribution in [0.3, 0.4) is 0 Å². The van der Waals surface area contributed by atoms with Crippen LogP contribution in [-0.2, 0) is 6.42 Å². The van der Waals surface area contributed by atoms with Crippen LogP contribution in [0.2, 0.25) is 0 Å². The lowest BCUT2D eigenvalue weighted by Crippen LogP contribution is -2.12. The first kappa shape index (κ1) is 11.1. The summed E-state index contributed by atoms with van der Waals surface area (Å²) in [7, 11) is 0. The fourth-order valence-electron chi connectivity index (χ4n) is 1.44. The van der Waals surface area contributed by atoms with Crippen molar-refractivity contribution in [3.63, 3.8) is 0 Å². The zero-order valence-electron chi connectivity index (χ0n) is 9.57. The number of anilines is 1. The zero-order valence-corrected chi connectivity index (χ0v) is 9.57. The largest absolute Gasteiger partial charge is 0.477 e. The number of nitrogens with one attached hydrogen (secondary N) is 1. The van der Waals surface area contributed by atoms with Gasteiger partial charge < -0.3 is 10.2 Å². The second kappa shape index (κ2) is 5.12. The van der Waals surface area contributed by atoms with Gasteiger partial charge in [0.15, 0.2) is 0 Å². The van der Waals surface area contributed by atoms with Crippen LogP contribution in [0.5, 0.6) is 5.88 Å². The van der Waals surface area contributed by atoms with Crippen molar-refractivity contribution >= 4 is 5.82 Å². The Balaban J connectivity index is 2.04. The van der Waals surface area contributed by atoms with Gasteiger partial charge in [-0.1, -0.05) is 6.92 Å². The molecule has 3 N–H and O–H groups in total. The average Bonchev–Trinajstić information content (AvgIpc) is 3.10. The highest BCUT2D eigenvalue weighted by atomic mass is 16.5. The minimum atomic E-state index is 0.615. The van der Waals surface area contributed by atoms with E-state index >= 15 is 0 Å². The first-order valence-electron chi connectivity index (χ1n) is 5.79. The third-order valence-electron chi connectivity index (χ3n) is 2.53. The number of aromatic nitrogens is 2. The minimum absolute atomic E-state index is 0.615. The molecular weight excluding hydrogens is 204 g/mol. The Morgan fingerprint density at radius 2 is 2.31 bits per heavy atom. The number of aryl methyl sites for hydroxylation is 1. The van der Waals surface area contributed by atoms with E-state index in [1.807, 2.05) is 0 Å². The predicted octanol–water partition coefficient (Wildman–Crippen LogP) is 1.50. The van der Waals surface area contributed by atoms with Gasteiger partial charge in [0.05, 0.1) is 6.61 Å². The van der Waals surface area contributed by atoms with Crippen molar-refractivity contribution in [2.45, 2.75) is 32.6 Å². The molecule has 0 amide bonds. The molecule has 16 heavy (non-hydrogen) atoms. The number of hydrogen-bond donors (Lipinski definition) is 2. The summed E-state index contributed by atoms with van der Waals surface area (Å²) in [6, 6.07) is 1.74. The number of nitrogens with two attached hydrogens (primary N) is 1. The number of rotatable bonds is 6. The van der Waals surface area contributed by atoms with Crippen LogP contribution >= 0.6 is 0 Å². The molecule has 0 radical (unpaired) electrons. The maximum absolute atomic E-state index is 5.61. The Kier molecular flexibility index (Phi) is 3.56. The molecule has 0 unspecified atom stereocenters. The molecule has 5 nitrogen and oxygen atoms in total. The van der Waals surface area contributed by atoms with Crippen molar-refractivity contribution in [3.8, 4) is 5.88 Å². The molecule has 0 atom stereocenters. The molecule has 1 fully saturated rings. The first-order valence-corrected chi connectivity index (χ1v) is 5.79. The summed E-state index contributed by atoms with van der Waals surface area (Å²) < 4.78 is 5.61. The second-order valence-corrected chi connectivity index (χ2v) is 4.16. The van der Waals surface area contributed by atoms with Crippen molar-refractivity contribution in [2.24, 2.45) is 11.8 Å². The highest BCUT2D eigenvalue weighted by Crippen LogP contribution is 2.29. The Bertz CT molecular complexity index is 352. The standard InChI is InChI=1S/C11H18N4O/c1-2-3-9-13-10(15-12)6-11(14-9)16-7-8-4-5-8/h6,8H,2-5,7,12H2,1H3,(H,13,14,15). The van der Waals surface area contributed by atoms with Crippen LogP contribution in [0.25, 0.3) is 0 Å². The van der Waals surface area contributed by atoms with E-state index in [1.165, 1.54) is 12.8 Å². The van der Waals surface area contributed by atoms with Crippen molar-refractivity contribution in [1.29, 1.82) is 0 Å². The van der Waals surface area contributed by atoms with Gasteiger partial charge >= 0.3 is 0 Å². The number of ether oxygens (including phenoxy) is 1. The van der Waals surface area contributed by atoms with Crippen LogP contribution in [0.15, 0.2) is 6.07 Å². The van der Waals surface area contributed by atoms with Gasteiger partial charge in [-0.25, -0.2) is 10.8 Å². The highest BCUT2D eigenvalue weighted by molar-refractivity contribution is 5.37. The minimum Gasteiger partial charge on any atom is -0.477 e. The Morgan fingerprint density at radius 3 is 2.94 bits per heavy atom. The predicted molar refractivity (Wildman–Crippen MR) is 62.1 cm³/mol. The molecule has 0 aromatic carbocycles. The van der Waals surface area contributed by atoms with Crippen molar-refractivity contribution in [3.05, 3.63) is 11.9 Å². The molecule has 0 saturated heterocycles. The third kappa shape index (κ3) is 3.06. The van der Waals surface area contributed by atoms with E-state index in [0.29, 0.717) is 11.7 Å². The molecule has 0 spiro atoms. The SMILES string of the molecule is CCCc1nc(NN)cc(OCC2CC2)n1. The molecule has 1 aliphatic carbocycles. The van der Waals surface area contributed by atoms with E-state index in [2.05, 4.69) is 22.3 Å². The molecule has 1 aromatic rings. The number of nitrogens with zero attached hydrogens (tertiary/aromatic N) is 2. The van der Waals surface area contributed by atoms with Gasteiger partial charge in [0, 0.05) is 12.5 Å². The number of hydrazine groups is 1. The van der Waals surface area contributed by atoms with Gasteiger partial charge in [0.25, 0.3) is 0 Å². The molecule has 5 heteroatoms. The molecule has 1 saturated carbocycles. The summed E-state index contributed by atoms with van der Waals surface area (Å²) >= 11 is 0. The maximum Gasteiger partial charge on any atom is 0.218 e. The van der Waals surface area contributed by atoms with E-state index in [9.17, 15) is 0 Å². The fraction of sp³-hybridized carbons (Fsp3) is 0.636. The third-order valence-corrected chi connectivity index (χ3v) is 2.53. The lowest BCUT2D eigenvalue weighted by Gasteiger charge is -2.08. The quantitative estimate of drug-likeness (QED) is 0.563.